The number of carbonyl (C=O) groups is 1. The number of amides is 1. The molecule has 1 aromatic carbocycles. The van der Waals surface area contributed by atoms with Gasteiger partial charge in [0.1, 0.15) is 11.6 Å². The maximum absolute atomic E-state index is 13.7. The van der Waals surface area contributed by atoms with E-state index in [0.29, 0.717) is 31.9 Å². The van der Waals surface area contributed by atoms with Crippen molar-refractivity contribution in [1.82, 2.24) is 13.6 Å². The van der Waals surface area contributed by atoms with Crippen LogP contribution in [0.3, 0.4) is 0 Å². The van der Waals surface area contributed by atoms with E-state index < -0.39 is 11.6 Å². The lowest BCUT2D eigenvalue weighted by atomic mass is 10.2. The molecule has 2 heterocycles. The summed E-state index contributed by atoms with van der Waals surface area (Å²) < 4.78 is 34.7. The minimum absolute atomic E-state index is 0.178. The van der Waals surface area contributed by atoms with Crippen molar-refractivity contribution in [3.8, 4) is 0 Å². The quantitative estimate of drug-likeness (QED) is 0.848. The lowest BCUT2D eigenvalue weighted by Crippen LogP contribution is -2.49. The monoisotopic (exact) mass is 310 g/mol. The first-order valence-electron chi connectivity index (χ1n) is 6.42. The van der Waals surface area contributed by atoms with Crippen molar-refractivity contribution in [3.05, 3.63) is 41.7 Å². The molecule has 0 aliphatic carbocycles. The number of anilines is 1. The van der Waals surface area contributed by atoms with Gasteiger partial charge in [0, 0.05) is 32.2 Å². The summed E-state index contributed by atoms with van der Waals surface area (Å²) in [5.41, 5.74) is 0.558. The average molecular weight is 310 g/mol. The molecule has 8 heteroatoms. The smallest absolute Gasteiger partial charge is 0.275 e. The summed E-state index contributed by atoms with van der Waals surface area (Å²) in [5, 5.41) is 0. The number of hydrogen-bond acceptors (Lipinski definition) is 5. The van der Waals surface area contributed by atoms with E-state index in [9.17, 15) is 13.6 Å². The minimum atomic E-state index is -0.474. The predicted molar refractivity (Wildman–Crippen MR) is 74.4 cm³/mol. The fraction of sp³-hybridized carbons (Fsp3) is 0.308. The molecule has 1 aromatic heterocycles. The second kappa shape index (κ2) is 5.72. The Morgan fingerprint density at radius 2 is 1.95 bits per heavy atom. The van der Waals surface area contributed by atoms with Gasteiger partial charge in [0.05, 0.1) is 23.6 Å². The molecule has 0 bridgehead atoms. The Kier molecular flexibility index (Phi) is 3.78. The van der Waals surface area contributed by atoms with E-state index in [1.165, 1.54) is 12.3 Å². The number of piperazine rings is 1. The maximum atomic E-state index is 13.7. The van der Waals surface area contributed by atoms with Crippen LogP contribution in [0.25, 0.3) is 0 Å². The molecule has 0 radical (unpaired) electrons. The van der Waals surface area contributed by atoms with Gasteiger partial charge in [-0.1, -0.05) is 0 Å². The summed E-state index contributed by atoms with van der Waals surface area (Å²) in [5.74, 6) is -1.11. The summed E-state index contributed by atoms with van der Waals surface area (Å²) >= 11 is 0.984. The molecule has 21 heavy (non-hydrogen) atoms. The normalized spacial score (nSPS) is 15.3. The van der Waals surface area contributed by atoms with Crippen LogP contribution in [0.1, 0.15) is 10.5 Å². The first-order valence-corrected chi connectivity index (χ1v) is 7.15. The van der Waals surface area contributed by atoms with Gasteiger partial charge in [-0.25, -0.2) is 8.78 Å². The Balaban J connectivity index is 1.68. The molecule has 110 valence electrons. The molecule has 3 rings (SSSR count). The van der Waals surface area contributed by atoms with Gasteiger partial charge in [-0.15, -0.1) is 0 Å². The molecule has 0 atom stereocenters. The van der Waals surface area contributed by atoms with Crippen molar-refractivity contribution in [2.24, 2.45) is 0 Å². The van der Waals surface area contributed by atoms with Crippen molar-refractivity contribution in [2.75, 3.05) is 31.1 Å². The largest absolute Gasteiger partial charge is 0.366 e. The molecule has 2 aromatic rings. The van der Waals surface area contributed by atoms with E-state index in [4.69, 9.17) is 0 Å². The van der Waals surface area contributed by atoms with Crippen LogP contribution in [-0.4, -0.2) is 45.7 Å². The Hall–Kier alpha value is -2.09. The van der Waals surface area contributed by atoms with Crippen LogP contribution >= 0.6 is 11.7 Å². The van der Waals surface area contributed by atoms with E-state index in [0.717, 1.165) is 23.9 Å². The Bertz CT molecular complexity index is 642. The van der Waals surface area contributed by atoms with Crippen LogP contribution in [0.2, 0.25) is 0 Å². The molecule has 1 amide bonds. The second-order valence-electron chi connectivity index (χ2n) is 4.67. The Labute approximate surface area is 124 Å². The number of hydrogen-bond donors (Lipinski definition) is 0. The fourth-order valence-electron chi connectivity index (χ4n) is 2.30. The lowest BCUT2D eigenvalue weighted by molar-refractivity contribution is 0.0742. The van der Waals surface area contributed by atoms with Gasteiger partial charge in [-0.2, -0.15) is 8.75 Å². The summed E-state index contributed by atoms with van der Waals surface area (Å²) in [6.45, 7) is 1.77. The van der Waals surface area contributed by atoms with Crippen molar-refractivity contribution in [3.63, 3.8) is 0 Å². The molecular formula is C13H12F2N4OS. The zero-order valence-electron chi connectivity index (χ0n) is 11.0. The van der Waals surface area contributed by atoms with E-state index in [1.807, 2.05) is 0 Å². The summed E-state index contributed by atoms with van der Waals surface area (Å²) in [7, 11) is 0. The van der Waals surface area contributed by atoms with Crippen LogP contribution < -0.4 is 4.90 Å². The van der Waals surface area contributed by atoms with Crippen molar-refractivity contribution >= 4 is 23.3 Å². The molecular weight excluding hydrogens is 298 g/mol. The zero-order valence-corrected chi connectivity index (χ0v) is 11.8. The standard InChI is InChI=1S/C13H12F2N4OS/c14-9-1-2-10(15)12(7-9)18-3-5-19(6-4-18)13(20)11-8-16-21-17-11/h1-2,7-8H,3-6H2. The summed E-state index contributed by atoms with van der Waals surface area (Å²) in [6, 6.07) is 3.38. The molecule has 1 aliphatic rings. The van der Waals surface area contributed by atoms with Crippen LogP contribution in [0, 0.1) is 11.6 Å². The third-order valence-corrected chi connectivity index (χ3v) is 3.87. The maximum Gasteiger partial charge on any atom is 0.275 e. The number of rotatable bonds is 2. The van der Waals surface area contributed by atoms with Gasteiger partial charge in [-0.05, 0) is 12.1 Å². The van der Waals surface area contributed by atoms with Crippen molar-refractivity contribution < 1.29 is 13.6 Å². The lowest BCUT2D eigenvalue weighted by Gasteiger charge is -2.35. The van der Waals surface area contributed by atoms with E-state index >= 15 is 0 Å². The number of carbonyl (C=O) groups excluding carboxylic acids is 1. The number of aromatic nitrogens is 2. The van der Waals surface area contributed by atoms with Crippen LogP contribution in [0.15, 0.2) is 24.4 Å². The highest BCUT2D eigenvalue weighted by atomic mass is 32.1. The van der Waals surface area contributed by atoms with Crippen molar-refractivity contribution in [1.29, 1.82) is 0 Å². The molecule has 1 saturated heterocycles. The minimum Gasteiger partial charge on any atom is -0.366 e. The molecule has 0 saturated carbocycles. The third kappa shape index (κ3) is 2.85. The number of benzene rings is 1. The van der Waals surface area contributed by atoms with Gasteiger partial charge < -0.3 is 9.80 Å². The van der Waals surface area contributed by atoms with Gasteiger partial charge in [0.2, 0.25) is 0 Å². The van der Waals surface area contributed by atoms with E-state index in [1.54, 1.807) is 9.80 Å². The molecule has 1 aliphatic heterocycles. The average Bonchev–Trinajstić information content (AvgIpc) is 3.03. The van der Waals surface area contributed by atoms with Crippen molar-refractivity contribution in [2.45, 2.75) is 0 Å². The summed E-state index contributed by atoms with van der Waals surface area (Å²) in [4.78, 5) is 15.5. The second-order valence-corrected chi connectivity index (χ2v) is 5.22. The molecule has 0 spiro atoms. The predicted octanol–water partition coefficient (Wildman–Crippen LogP) is 1.78. The summed E-state index contributed by atoms with van der Waals surface area (Å²) in [6.07, 6.45) is 1.44. The molecule has 5 nitrogen and oxygen atoms in total. The van der Waals surface area contributed by atoms with Crippen LogP contribution in [0.4, 0.5) is 14.5 Å². The van der Waals surface area contributed by atoms with Gasteiger partial charge >= 0.3 is 0 Å². The van der Waals surface area contributed by atoms with Gasteiger partial charge in [-0.3, -0.25) is 4.79 Å². The van der Waals surface area contributed by atoms with E-state index in [2.05, 4.69) is 8.75 Å². The molecule has 1 fully saturated rings. The fourth-order valence-corrected chi connectivity index (χ4v) is 2.71. The Morgan fingerprint density at radius 3 is 2.62 bits per heavy atom. The number of halogens is 2. The molecule has 0 N–H and O–H groups in total. The SMILES string of the molecule is O=C(c1cnsn1)N1CCN(c2cc(F)ccc2F)CC1. The highest BCUT2D eigenvalue weighted by molar-refractivity contribution is 6.99. The van der Waals surface area contributed by atoms with Gasteiger partial charge in [0.15, 0.2) is 5.69 Å². The molecule has 0 unspecified atom stereocenters. The highest BCUT2D eigenvalue weighted by Crippen LogP contribution is 2.22. The Morgan fingerprint density at radius 1 is 1.19 bits per heavy atom. The first-order chi connectivity index (χ1) is 10.1. The highest BCUT2D eigenvalue weighted by Gasteiger charge is 2.25. The zero-order chi connectivity index (χ0) is 14.8. The first kappa shape index (κ1) is 13.9. The third-order valence-electron chi connectivity index (χ3n) is 3.40. The topological polar surface area (TPSA) is 49.3 Å². The van der Waals surface area contributed by atoms with E-state index in [-0.39, 0.29) is 11.6 Å². The number of nitrogens with zero attached hydrogens (tertiary/aromatic N) is 4. The van der Waals surface area contributed by atoms with Crippen LogP contribution in [-0.2, 0) is 0 Å². The van der Waals surface area contributed by atoms with Crippen LogP contribution in [0.5, 0.6) is 0 Å². The van der Waals surface area contributed by atoms with Gasteiger partial charge in [0.25, 0.3) is 5.91 Å².